The second kappa shape index (κ2) is 13.4. The minimum atomic E-state index is 0.331. The first-order valence-electron chi connectivity index (χ1n) is 7.26. The van der Waals surface area contributed by atoms with E-state index >= 15 is 0 Å². The Labute approximate surface area is 106 Å². The monoisotopic (exact) mass is 240 g/mol. The summed E-state index contributed by atoms with van der Waals surface area (Å²) in [6.45, 7) is 2.23. The summed E-state index contributed by atoms with van der Waals surface area (Å²) >= 11 is 0. The molecule has 100 valence electrons. The van der Waals surface area contributed by atoms with Crippen molar-refractivity contribution in [2.45, 2.75) is 84.0 Å². The third-order valence-electron chi connectivity index (χ3n) is 3.09. The van der Waals surface area contributed by atoms with Gasteiger partial charge in [-0.3, -0.25) is 4.79 Å². The maximum absolute atomic E-state index is 11.4. The first kappa shape index (κ1) is 16.3. The highest BCUT2D eigenvalue weighted by Crippen LogP contribution is 2.10. The van der Waals surface area contributed by atoms with Gasteiger partial charge in [0.15, 0.2) is 0 Å². The summed E-state index contributed by atoms with van der Waals surface area (Å²) in [5.74, 6) is 0.331. The zero-order valence-electron chi connectivity index (χ0n) is 11.4. The smallest absolute Gasteiger partial charge is 0.132 e. The largest absolute Gasteiger partial charge is 0.303 e. The van der Waals surface area contributed by atoms with Crippen molar-refractivity contribution in [3.63, 3.8) is 0 Å². The van der Waals surface area contributed by atoms with Crippen LogP contribution in [-0.2, 0) is 9.59 Å². The molecule has 0 aromatic heterocycles. The molecule has 0 N–H and O–H groups in total. The SMILES string of the molecule is CCCCCCCCCCC(=O)CCCC=O. The third kappa shape index (κ3) is 13.3. The minimum absolute atomic E-state index is 0.331. The number of aldehydes is 1. The van der Waals surface area contributed by atoms with Crippen LogP contribution in [0.5, 0.6) is 0 Å². The van der Waals surface area contributed by atoms with Gasteiger partial charge in [-0.05, 0) is 12.8 Å². The lowest BCUT2D eigenvalue weighted by atomic mass is 10.0. The van der Waals surface area contributed by atoms with E-state index < -0.39 is 0 Å². The van der Waals surface area contributed by atoms with Crippen LogP contribution in [0.25, 0.3) is 0 Å². The number of carbonyl (C=O) groups excluding carboxylic acids is 2. The Morgan fingerprint density at radius 2 is 1.35 bits per heavy atom. The molecule has 0 saturated carbocycles. The maximum atomic E-state index is 11.4. The average molecular weight is 240 g/mol. The molecule has 0 fully saturated rings. The highest BCUT2D eigenvalue weighted by Gasteiger charge is 2.01. The van der Waals surface area contributed by atoms with Crippen molar-refractivity contribution in [3.05, 3.63) is 0 Å². The Morgan fingerprint density at radius 3 is 1.94 bits per heavy atom. The number of Topliss-reactive ketones (excluding diaryl/α,β-unsaturated/α-hetero) is 1. The van der Waals surface area contributed by atoms with Crippen molar-refractivity contribution in [1.82, 2.24) is 0 Å². The van der Waals surface area contributed by atoms with Gasteiger partial charge in [-0.15, -0.1) is 0 Å². The molecule has 0 aliphatic carbocycles. The molecule has 0 amide bonds. The fourth-order valence-electron chi connectivity index (χ4n) is 1.96. The summed E-state index contributed by atoms with van der Waals surface area (Å²) in [5, 5.41) is 0. The molecule has 0 unspecified atom stereocenters. The zero-order chi connectivity index (χ0) is 12.8. The van der Waals surface area contributed by atoms with E-state index in [1.54, 1.807) is 0 Å². The van der Waals surface area contributed by atoms with Gasteiger partial charge in [0.1, 0.15) is 12.1 Å². The van der Waals surface area contributed by atoms with Crippen LogP contribution in [0.2, 0.25) is 0 Å². The fourth-order valence-corrected chi connectivity index (χ4v) is 1.96. The fraction of sp³-hybridized carbons (Fsp3) is 0.867. The molecule has 0 radical (unpaired) electrons. The molecule has 2 heteroatoms. The Morgan fingerprint density at radius 1 is 0.824 bits per heavy atom. The van der Waals surface area contributed by atoms with Gasteiger partial charge in [0.05, 0.1) is 0 Å². The van der Waals surface area contributed by atoms with Gasteiger partial charge < -0.3 is 4.79 Å². The van der Waals surface area contributed by atoms with E-state index in [0.717, 1.165) is 19.1 Å². The third-order valence-corrected chi connectivity index (χ3v) is 3.09. The predicted molar refractivity (Wildman–Crippen MR) is 72.1 cm³/mol. The normalized spacial score (nSPS) is 10.4. The van der Waals surface area contributed by atoms with Crippen LogP contribution in [0, 0.1) is 0 Å². The van der Waals surface area contributed by atoms with Gasteiger partial charge >= 0.3 is 0 Å². The lowest BCUT2D eigenvalue weighted by Crippen LogP contribution is -1.97. The van der Waals surface area contributed by atoms with Crippen LogP contribution in [0.3, 0.4) is 0 Å². The summed E-state index contributed by atoms with van der Waals surface area (Å²) in [6.07, 6.45) is 13.6. The highest BCUT2D eigenvalue weighted by molar-refractivity contribution is 5.78. The molecule has 0 heterocycles. The molecule has 0 spiro atoms. The van der Waals surface area contributed by atoms with E-state index in [1.807, 2.05) is 0 Å². The van der Waals surface area contributed by atoms with Crippen molar-refractivity contribution in [1.29, 1.82) is 0 Å². The van der Waals surface area contributed by atoms with Crippen LogP contribution < -0.4 is 0 Å². The molecule has 0 aromatic rings. The number of unbranched alkanes of at least 4 members (excludes halogenated alkanes) is 8. The van der Waals surface area contributed by atoms with Crippen LogP contribution in [0.4, 0.5) is 0 Å². The lowest BCUT2D eigenvalue weighted by Gasteiger charge is -2.01. The Hall–Kier alpha value is -0.660. The summed E-state index contributed by atoms with van der Waals surface area (Å²) in [4.78, 5) is 21.5. The first-order valence-corrected chi connectivity index (χ1v) is 7.26. The van der Waals surface area contributed by atoms with Crippen molar-refractivity contribution in [2.24, 2.45) is 0 Å². The second-order valence-corrected chi connectivity index (χ2v) is 4.82. The molecule has 0 rings (SSSR count). The van der Waals surface area contributed by atoms with Gasteiger partial charge in [0, 0.05) is 19.3 Å². The quantitative estimate of drug-likeness (QED) is 0.352. The molecule has 0 bridgehead atoms. The molecule has 17 heavy (non-hydrogen) atoms. The summed E-state index contributed by atoms with van der Waals surface area (Å²) in [6, 6.07) is 0. The molecular weight excluding hydrogens is 212 g/mol. The van der Waals surface area contributed by atoms with E-state index in [1.165, 1.54) is 44.9 Å². The maximum Gasteiger partial charge on any atom is 0.132 e. The molecule has 0 saturated heterocycles. The Balaban J connectivity index is 3.11. The molecule has 0 atom stereocenters. The van der Waals surface area contributed by atoms with Crippen molar-refractivity contribution in [3.8, 4) is 0 Å². The van der Waals surface area contributed by atoms with Crippen LogP contribution in [0.15, 0.2) is 0 Å². The lowest BCUT2D eigenvalue weighted by molar-refractivity contribution is -0.119. The van der Waals surface area contributed by atoms with Crippen LogP contribution >= 0.6 is 0 Å². The number of carbonyl (C=O) groups is 2. The van der Waals surface area contributed by atoms with Crippen molar-refractivity contribution >= 4 is 12.1 Å². The van der Waals surface area contributed by atoms with E-state index in [-0.39, 0.29) is 0 Å². The molecule has 2 nitrogen and oxygen atoms in total. The molecule has 0 aliphatic rings. The number of hydrogen-bond acceptors (Lipinski definition) is 2. The van der Waals surface area contributed by atoms with Gasteiger partial charge in [0.2, 0.25) is 0 Å². The topological polar surface area (TPSA) is 34.1 Å². The van der Waals surface area contributed by atoms with E-state index in [2.05, 4.69) is 6.92 Å². The first-order chi connectivity index (χ1) is 8.31. The number of ketones is 1. The van der Waals surface area contributed by atoms with Crippen molar-refractivity contribution < 1.29 is 9.59 Å². The van der Waals surface area contributed by atoms with Crippen LogP contribution in [-0.4, -0.2) is 12.1 Å². The second-order valence-electron chi connectivity index (χ2n) is 4.82. The zero-order valence-corrected chi connectivity index (χ0v) is 11.4. The average Bonchev–Trinajstić information content (AvgIpc) is 2.33. The van der Waals surface area contributed by atoms with Crippen molar-refractivity contribution in [2.75, 3.05) is 0 Å². The van der Waals surface area contributed by atoms with Crippen LogP contribution in [0.1, 0.15) is 84.0 Å². The molecule has 0 aromatic carbocycles. The number of rotatable bonds is 13. The van der Waals surface area contributed by atoms with Gasteiger partial charge in [-0.1, -0.05) is 51.9 Å². The number of hydrogen-bond donors (Lipinski definition) is 0. The summed E-state index contributed by atoms with van der Waals surface area (Å²) in [5.41, 5.74) is 0. The molecule has 0 aliphatic heterocycles. The minimum Gasteiger partial charge on any atom is -0.303 e. The summed E-state index contributed by atoms with van der Waals surface area (Å²) in [7, 11) is 0. The molecular formula is C15H28O2. The standard InChI is InChI=1S/C15H28O2/c1-2-3-4-5-6-7-8-9-12-15(17)13-10-11-14-16/h14H,2-13H2,1H3. The van der Waals surface area contributed by atoms with Gasteiger partial charge in [-0.2, -0.15) is 0 Å². The van der Waals surface area contributed by atoms with E-state index in [9.17, 15) is 9.59 Å². The Bertz CT molecular complexity index is 187. The van der Waals surface area contributed by atoms with Gasteiger partial charge in [-0.25, -0.2) is 0 Å². The van der Waals surface area contributed by atoms with Gasteiger partial charge in [0.25, 0.3) is 0 Å². The Kier molecular flexibility index (Phi) is 12.9. The van der Waals surface area contributed by atoms with E-state index in [0.29, 0.717) is 25.0 Å². The predicted octanol–water partition coefficient (Wildman–Crippen LogP) is 4.46. The summed E-state index contributed by atoms with van der Waals surface area (Å²) < 4.78 is 0. The van der Waals surface area contributed by atoms with E-state index in [4.69, 9.17) is 0 Å². The highest BCUT2D eigenvalue weighted by atomic mass is 16.1.